The Morgan fingerprint density at radius 3 is 3.00 bits per heavy atom. The summed E-state index contributed by atoms with van der Waals surface area (Å²) in [6, 6.07) is 7.96. The van der Waals surface area contributed by atoms with Crippen LogP contribution in [0.2, 0.25) is 0 Å². The monoisotopic (exact) mass is 276 g/mol. The molecule has 2 N–H and O–H groups in total. The van der Waals surface area contributed by atoms with Crippen molar-refractivity contribution in [3.8, 4) is 0 Å². The average Bonchev–Trinajstić information content (AvgIpc) is 2.89. The molecule has 1 aliphatic heterocycles. The Balaban J connectivity index is 1.64. The summed E-state index contributed by atoms with van der Waals surface area (Å²) in [7, 11) is 0. The molecule has 0 spiro atoms. The van der Waals surface area contributed by atoms with E-state index >= 15 is 0 Å². The van der Waals surface area contributed by atoms with Crippen molar-refractivity contribution in [2.24, 2.45) is 0 Å². The van der Waals surface area contributed by atoms with E-state index in [2.05, 4.69) is 15.0 Å². The van der Waals surface area contributed by atoms with Gasteiger partial charge in [-0.25, -0.2) is 0 Å². The molecule has 0 unspecified atom stereocenters. The number of carbonyl (C=O) groups excluding carboxylic acids is 1. The molecule has 5 nitrogen and oxygen atoms in total. The van der Waals surface area contributed by atoms with E-state index in [0.29, 0.717) is 6.54 Å². The Bertz CT molecular complexity index is 577. The van der Waals surface area contributed by atoms with Crippen LogP contribution in [0.4, 0.5) is 5.00 Å². The van der Waals surface area contributed by atoms with Gasteiger partial charge in [-0.05, 0) is 23.7 Å². The van der Waals surface area contributed by atoms with Gasteiger partial charge in [0.25, 0.3) is 0 Å². The van der Waals surface area contributed by atoms with Crippen LogP contribution in [0.1, 0.15) is 0 Å². The lowest BCUT2D eigenvalue weighted by molar-refractivity contribution is -0.129. The zero-order chi connectivity index (χ0) is 13.1. The third-order valence-corrected chi connectivity index (χ3v) is 4.09. The fraction of sp³-hybridized carbons (Fsp3) is 0.385. The summed E-state index contributed by atoms with van der Waals surface area (Å²) < 4.78 is 4.35. The number of aromatic nitrogens is 1. The summed E-state index contributed by atoms with van der Waals surface area (Å²) in [6.45, 7) is 3.70. The van der Waals surface area contributed by atoms with E-state index < -0.39 is 0 Å². The van der Waals surface area contributed by atoms with Gasteiger partial charge in [0, 0.05) is 31.6 Å². The standard InChI is InChI=1S/C13H16N4OS/c18-12(17-7-5-14-6-8-17)9-15-13-10-3-1-2-4-11(10)16-19-13/h1-4,14-15H,5-9H2. The number of anilines is 1. The number of hydrogen-bond donors (Lipinski definition) is 2. The molecule has 2 aromatic rings. The molecule has 2 heterocycles. The lowest BCUT2D eigenvalue weighted by atomic mass is 10.2. The zero-order valence-corrected chi connectivity index (χ0v) is 11.4. The van der Waals surface area contributed by atoms with E-state index in [-0.39, 0.29) is 5.91 Å². The highest BCUT2D eigenvalue weighted by Crippen LogP contribution is 2.26. The smallest absolute Gasteiger partial charge is 0.241 e. The number of amides is 1. The minimum Gasteiger partial charge on any atom is -0.366 e. The highest BCUT2D eigenvalue weighted by atomic mass is 32.1. The van der Waals surface area contributed by atoms with Gasteiger partial charge in [0.15, 0.2) is 0 Å². The first-order chi connectivity index (χ1) is 9.34. The van der Waals surface area contributed by atoms with Crippen LogP contribution in [-0.4, -0.2) is 47.9 Å². The molecule has 19 heavy (non-hydrogen) atoms. The van der Waals surface area contributed by atoms with Crippen molar-refractivity contribution >= 4 is 33.3 Å². The third kappa shape index (κ3) is 2.69. The van der Waals surface area contributed by atoms with Crippen LogP contribution in [0, 0.1) is 0 Å². The van der Waals surface area contributed by atoms with Gasteiger partial charge in [0.1, 0.15) is 5.00 Å². The summed E-state index contributed by atoms with van der Waals surface area (Å²) in [6.07, 6.45) is 0. The molecular formula is C13H16N4OS. The van der Waals surface area contributed by atoms with Gasteiger partial charge >= 0.3 is 0 Å². The van der Waals surface area contributed by atoms with E-state index in [1.165, 1.54) is 11.5 Å². The van der Waals surface area contributed by atoms with Gasteiger partial charge in [0.2, 0.25) is 5.91 Å². The van der Waals surface area contributed by atoms with Crippen molar-refractivity contribution in [2.75, 3.05) is 38.0 Å². The lowest BCUT2D eigenvalue weighted by Gasteiger charge is -2.27. The predicted molar refractivity (Wildman–Crippen MR) is 77.6 cm³/mol. The molecule has 1 saturated heterocycles. The van der Waals surface area contributed by atoms with Crippen LogP contribution in [0.25, 0.3) is 10.9 Å². The second kappa shape index (κ2) is 5.54. The number of nitrogens with one attached hydrogen (secondary N) is 2. The SMILES string of the molecule is O=C(CNc1snc2ccccc12)N1CCNCC1. The summed E-state index contributed by atoms with van der Waals surface area (Å²) in [4.78, 5) is 13.9. The first-order valence-corrected chi connectivity index (χ1v) is 7.19. The Morgan fingerprint density at radius 2 is 2.16 bits per heavy atom. The van der Waals surface area contributed by atoms with E-state index in [0.717, 1.165) is 42.1 Å². The number of carbonyl (C=O) groups is 1. The van der Waals surface area contributed by atoms with Gasteiger partial charge < -0.3 is 15.5 Å². The Morgan fingerprint density at radius 1 is 1.37 bits per heavy atom. The van der Waals surface area contributed by atoms with Crippen molar-refractivity contribution in [1.29, 1.82) is 0 Å². The maximum absolute atomic E-state index is 12.0. The van der Waals surface area contributed by atoms with Gasteiger partial charge in [-0.15, -0.1) is 0 Å². The summed E-state index contributed by atoms with van der Waals surface area (Å²) in [5.74, 6) is 0.152. The largest absolute Gasteiger partial charge is 0.366 e. The number of hydrogen-bond acceptors (Lipinski definition) is 5. The Labute approximate surface area is 115 Å². The van der Waals surface area contributed by atoms with Crippen molar-refractivity contribution in [2.45, 2.75) is 0 Å². The van der Waals surface area contributed by atoms with Crippen molar-refractivity contribution in [3.63, 3.8) is 0 Å². The maximum Gasteiger partial charge on any atom is 0.241 e. The van der Waals surface area contributed by atoms with Crippen LogP contribution >= 0.6 is 11.5 Å². The average molecular weight is 276 g/mol. The fourth-order valence-corrected chi connectivity index (χ4v) is 2.96. The topological polar surface area (TPSA) is 57.3 Å². The highest BCUT2D eigenvalue weighted by molar-refractivity contribution is 7.11. The molecule has 3 rings (SSSR count). The molecule has 0 bridgehead atoms. The maximum atomic E-state index is 12.0. The molecular weight excluding hydrogens is 260 g/mol. The minimum absolute atomic E-state index is 0.152. The van der Waals surface area contributed by atoms with Crippen molar-refractivity contribution in [1.82, 2.24) is 14.6 Å². The molecule has 6 heteroatoms. The van der Waals surface area contributed by atoms with E-state index in [9.17, 15) is 4.79 Å². The number of piperazine rings is 1. The van der Waals surface area contributed by atoms with Crippen LogP contribution in [0.15, 0.2) is 24.3 Å². The first-order valence-electron chi connectivity index (χ1n) is 6.41. The van der Waals surface area contributed by atoms with Crippen LogP contribution in [-0.2, 0) is 4.79 Å². The molecule has 0 radical (unpaired) electrons. The van der Waals surface area contributed by atoms with Crippen LogP contribution in [0.5, 0.6) is 0 Å². The molecule has 1 aromatic carbocycles. The third-order valence-electron chi connectivity index (χ3n) is 3.25. The number of benzene rings is 1. The normalized spacial score (nSPS) is 15.7. The Kier molecular flexibility index (Phi) is 3.61. The van der Waals surface area contributed by atoms with E-state index in [4.69, 9.17) is 0 Å². The number of rotatable bonds is 3. The second-order valence-electron chi connectivity index (χ2n) is 4.51. The fourth-order valence-electron chi connectivity index (χ4n) is 2.20. The van der Waals surface area contributed by atoms with Gasteiger partial charge in [-0.3, -0.25) is 4.79 Å². The Hall–Kier alpha value is -1.66. The van der Waals surface area contributed by atoms with E-state index in [1.54, 1.807) is 0 Å². The number of fused-ring (bicyclic) bond motifs is 1. The van der Waals surface area contributed by atoms with Crippen molar-refractivity contribution < 1.29 is 4.79 Å². The predicted octanol–water partition coefficient (Wildman–Crippen LogP) is 1.14. The molecule has 1 amide bonds. The quantitative estimate of drug-likeness (QED) is 0.882. The zero-order valence-electron chi connectivity index (χ0n) is 10.6. The minimum atomic E-state index is 0.152. The first kappa shape index (κ1) is 12.4. The lowest BCUT2D eigenvalue weighted by Crippen LogP contribution is -2.48. The summed E-state index contributed by atoms with van der Waals surface area (Å²) >= 11 is 1.41. The van der Waals surface area contributed by atoms with E-state index in [1.807, 2.05) is 29.2 Å². The molecule has 0 aliphatic carbocycles. The van der Waals surface area contributed by atoms with Gasteiger partial charge in [-0.1, -0.05) is 12.1 Å². The molecule has 100 valence electrons. The molecule has 1 aliphatic rings. The van der Waals surface area contributed by atoms with Gasteiger partial charge in [-0.2, -0.15) is 4.37 Å². The molecule has 0 saturated carbocycles. The highest BCUT2D eigenvalue weighted by Gasteiger charge is 2.16. The number of nitrogens with zero attached hydrogens (tertiary/aromatic N) is 2. The van der Waals surface area contributed by atoms with Crippen LogP contribution < -0.4 is 10.6 Å². The summed E-state index contributed by atoms with van der Waals surface area (Å²) in [5.41, 5.74) is 0.977. The molecule has 1 aromatic heterocycles. The second-order valence-corrected chi connectivity index (χ2v) is 5.29. The van der Waals surface area contributed by atoms with Crippen molar-refractivity contribution in [3.05, 3.63) is 24.3 Å². The summed E-state index contributed by atoms with van der Waals surface area (Å²) in [5, 5.41) is 8.51. The van der Waals surface area contributed by atoms with Crippen LogP contribution in [0.3, 0.4) is 0 Å². The molecule has 1 fully saturated rings. The molecule has 0 atom stereocenters. The van der Waals surface area contributed by atoms with Gasteiger partial charge in [0.05, 0.1) is 12.1 Å².